The standard InChI is InChI=1S/C23H22F3N3O3/c1-13-8-17(26)20(27-12-13)21(30)28-6-4-23(5-7-28)22(31)29-18(2-3-19(29)32-23)14-9-15(24)11-16(25)10-14/h8-12,18-19H,2-7H2,1H3/t18-,19+/m0/s1. The van der Waals surface area contributed by atoms with Gasteiger partial charge in [0.15, 0.2) is 17.1 Å². The summed E-state index contributed by atoms with van der Waals surface area (Å²) in [6.07, 6.45) is 2.63. The molecule has 4 heterocycles. The van der Waals surface area contributed by atoms with E-state index in [-0.39, 0.29) is 37.5 Å². The van der Waals surface area contributed by atoms with Gasteiger partial charge in [-0.2, -0.15) is 0 Å². The smallest absolute Gasteiger partial charge is 0.275 e. The average Bonchev–Trinajstić information content (AvgIpc) is 3.26. The number of carbonyl (C=O) groups excluding carboxylic acids is 2. The lowest BCUT2D eigenvalue weighted by molar-refractivity contribution is -0.142. The minimum atomic E-state index is -1.08. The van der Waals surface area contributed by atoms with E-state index < -0.39 is 41.2 Å². The number of aryl methyl sites for hydroxylation is 1. The first-order valence-electron chi connectivity index (χ1n) is 10.7. The number of halogens is 3. The summed E-state index contributed by atoms with van der Waals surface area (Å²) in [7, 11) is 0. The van der Waals surface area contributed by atoms with Gasteiger partial charge in [-0.1, -0.05) is 0 Å². The number of aromatic nitrogens is 1. The van der Waals surface area contributed by atoms with Crippen molar-refractivity contribution in [1.82, 2.24) is 14.8 Å². The van der Waals surface area contributed by atoms with Crippen LogP contribution in [0.5, 0.6) is 0 Å². The van der Waals surface area contributed by atoms with E-state index in [0.717, 1.165) is 6.07 Å². The lowest BCUT2D eigenvalue weighted by Crippen LogP contribution is -2.51. The molecule has 0 aliphatic carbocycles. The van der Waals surface area contributed by atoms with E-state index in [1.54, 1.807) is 11.8 Å². The van der Waals surface area contributed by atoms with E-state index >= 15 is 0 Å². The highest BCUT2D eigenvalue weighted by molar-refractivity contribution is 5.93. The second-order valence-corrected chi connectivity index (χ2v) is 8.71. The maximum atomic E-state index is 14.2. The number of nitrogens with zero attached hydrogens (tertiary/aromatic N) is 3. The molecule has 6 nitrogen and oxygen atoms in total. The molecule has 0 unspecified atom stereocenters. The Bertz CT molecular complexity index is 1080. The van der Waals surface area contributed by atoms with Gasteiger partial charge in [0, 0.05) is 38.2 Å². The van der Waals surface area contributed by atoms with Gasteiger partial charge in [-0.15, -0.1) is 0 Å². The zero-order valence-electron chi connectivity index (χ0n) is 17.5. The van der Waals surface area contributed by atoms with Crippen LogP contribution in [0.2, 0.25) is 0 Å². The molecule has 3 fully saturated rings. The van der Waals surface area contributed by atoms with E-state index in [2.05, 4.69) is 4.98 Å². The molecule has 5 rings (SSSR count). The Morgan fingerprint density at radius 1 is 1.09 bits per heavy atom. The molecule has 2 atom stereocenters. The molecule has 1 spiro atoms. The van der Waals surface area contributed by atoms with Crippen LogP contribution < -0.4 is 0 Å². The maximum Gasteiger partial charge on any atom is 0.275 e. The van der Waals surface area contributed by atoms with Crippen LogP contribution in [0.4, 0.5) is 13.2 Å². The van der Waals surface area contributed by atoms with Gasteiger partial charge in [-0.3, -0.25) is 9.59 Å². The van der Waals surface area contributed by atoms with Gasteiger partial charge in [0.2, 0.25) is 0 Å². The molecule has 3 aliphatic rings. The third-order valence-electron chi connectivity index (χ3n) is 6.63. The fourth-order valence-electron chi connectivity index (χ4n) is 5.05. The zero-order valence-corrected chi connectivity index (χ0v) is 17.5. The molecule has 168 valence electrons. The van der Waals surface area contributed by atoms with Crippen LogP contribution in [0.3, 0.4) is 0 Å². The summed E-state index contributed by atoms with van der Waals surface area (Å²) in [5.41, 5.74) is -0.285. The molecule has 0 saturated carbocycles. The number of ether oxygens (including phenoxy) is 1. The van der Waals surface area contributed by atoms with E-state index in [1.807, 2.05) is 0 Å². The van der Waals surface area contributed by atoms with E-state index in [4.69, 9.17) is 4.74 Å². The highest BCUT2D eigenvalue weighted by atomic mass is 19.1. The number of hydrogen-bond donors (Lipinski definition) is 0. The molecular weight excluding hydrogens is 423 g/mol. The molecule has 3 saturated heterocycles. The number of likely N-dealkylation sites (tertiary alicyclic amines) is 1. The van der Waals surface area contributed by atoms with Gasteiger partial charge < -0.3 is 14.5 Å². The largest absolute Gasteiger partial charge is 0.342 e. The highest BCUT2D eigenvalue weighted by Crippen LogP contribution is 2.47. The summed E-state index contributed by atoms with van der Waals surface area (Å²) < 4.78 is 47.8. The van der Waals surface area contributed by atoms with Gasteiger partial charge >= 0.3 is 0 Å². The van der Waals surface area contributed by atoms with Crippen molar-refractivity contribution in [3.8, 4) is 0 Å². The Hall–Kier alpha value is -2.94. The molecule has 0 N–H and O–H groups in total. The molecule has 0 bridgehead atoms. The fourth-order valence-corrected chi connectivity index (χ4v) is 5.05. The highest BCUT2D eigenvalue weighted by Gasteiger charge is 2.58. The lowest BCUT2D eigenvalue weighted by Gasteiger charge is -2.37. The van der Waals surface area contributed by atoms with Crippen molar-refractivity contribution in [2.75, 3.05) is 13.1 Å². The fraction of sp³-hybridized carbons (Fsp3) is 0.435. The van der Waals surface area contributed by atoms with Gasteiger partial charge in [0.05, 0.1) is 6.04 Å². The van der Waals surface area contributed by atoms with Gasteiger partial charge in [-0.25, -0.2) is 18.2 Å². The number of carbonyl (C=O) groups is 2. The molecule has 9 heteroatoms. The summed E-state index contributed by atoms with van der Waals surface area (Å²) in [5, 5.41) is 0. The van der Waals surface area contributed by atoms with Crippen molar-refractivity contribution in [1.29, 1.82) is 0 Å². The number of rotatable bonds is 2. The van der Waals surface area contributed by atoms with E-state index in [1.165, 1.54) is 29.3 Å². The Kier molecular flexibility index (Phi) is 4.96. The third kappa shape index (κ3) is 3.35. The quantitative estimate of drug-likeness (QED) is 0.710. The van der Waals surface area contributed by atoms with Gasteiger partial charge in [-0.05, 0) is 49.1 Å². The zero-order chi connectivity index (χ0) is 22.6. The first kappa shape index (κ1) is 20.9. The second kappa shape index (κ2) is 7.58. The Balaban J connectivity index is 1.32. The monoisotopic (exact) mass is 445 g/mol. The van der Waals surface area contributed by atoms with Crippen molar-refractivity contribution >= 4 is 11.8 Å². The molecule has 1 aromatic heterocycles. The summed E-state index contributed by atoms with van der Waals surface area (Å²) in [5.74, 6) is -2.78. The molecule has 2 amide bonds. The SMILES string of the molecule is Cc1cnc(C(=O)N2CCC3(CC2)O[C@@H]2CC[C@@H](c4cc(F)cc(F)c4)N2C3=O)c(F)c1. The third-order valence-corrected chi connectivity index (χ3v) is 6.63. The Labute approximate surface area is 183 Å². The van der Waals surface area contributed by atoms with Crippen molar-refractivity contribution < 1.29 is 27.5 Å². The summed E-state index contributed by atoms with van der Waals surface area (Å²) in [6, 6.07) is 4.11. The molecule has 3 aliphatic heterocycles. The predicted octanol–water partition coefficient (Wildman–Crippen LogP) is 3.50. The van der Waals surface area contributed by atoms with Crippen LogP contribution >= 0.6 is 0 Å². The average molecular weight is 445 g/mol. The van der Waals surface area contributed by atoms with Crippen molar-refractivity contribution in [3.05, 3.63) is 64.7 Å². The van der Waals surface area contributed by atoms with Crippen molar-refractivity contribution in [2.24, 2.45) is 0 Å². The van der Waals surface area contributed by atoms with Crippen molar-refractivity contribution in [3.63, 3.8) is 0 Å². The van der Waals surface area contributed by atoms with Crippen LogP contribution in [0.1, 0.15) is 53.3 Å². The van der Waals surface area contributed by atoms with Crippen LogP contribution in [0.15, 0.2) is 30.5 Å². The number of hydrogen-bond acceptors (Lipinski definition) is 4. The minimum absolute atomic E-state index is 0.221. The minimum Gasteiger partial charge on any atom is -0.342 e. The second-order valence-electron chi connectivity index (χ2n) is 8.71. The number of amides is 2. The number of fused-ring (bicyclic) bond motifs is 1. The van der Waals surface area contributed by atoms with Crippen LogP contribution in [-0.2, 0) is 9.53 Å². The molecule has 32 heavy (non-hydrogen) atoms. The first-order chi connectivity index (χ1) is 15.3. The summed E-state index contributed by atoms with van der Waals surface area (Å²) in [4.78, 5) is 33.1. The molecular formula is C23H22F3N3O3. The van der Waals surface area contributed by atoms with E-state index in [0.29, 0.717) is 24.0 Å². The van der Waals surface area contributed by atoms with Crippen LogP contribution in [0, 0.1) is 24.4 Å². The summed E-state index contributed by atoms with van der Waals surface area (Å²) >= 11 is 0. The number of piperidine rings is 1. The number of pyridine rings is 1. The maximum absolute atomic E-state index is 14.2. The van der Waals surface area contributed by atoms with E-state index in [9.17, 15) is 22.8 Å². The molecule has 2 aromatic rings. The number of benzene rings is 1. The Morgan fingerprint density at radius 2 is 1.78 bits per heavy atom. The topological polar surface area (TPSA) is 62.7 Å². The van der Waals surface area contributed by atoms with Crippen molar-refractivity contribution in [2.45, 2.75) is 50.5 Å². The normalized spacial score (nSPS) is 24.3. The van der Waals surface area contributed by atoms with Gasteiger partial charge in [0.1, 0.15) is 17.9 Å². The predicted molar refractivity (Wildman–Crippen MR) is 107 cm³/mol. The lowest BCUT2D eigenvalue weighted by atomic mass is 9.89. The first-order valence-corrected chi connectivity index (χ1v) is 10.7. The van der Waals surface area contributed by atoms with Crippen LogP contribution in [0.25, 0.3) is 0 Å². The summed E-state index contributed by atoms with van der Waals surface area (Å²) in [6.45, 7) is 2.13. The van der Waals surface area contributed by atoms with Crippen LogP contribution in [-0.4, -0.2) is 51.5 Å². The molecule has 1 aromatic carbocycles. The molecule has 0 radical (unpaired) electrons. The Morgan fingerprint density at radius 3 is 2.44 bits per heavy atom. The van der Waals surface area contributed by atoms with Gasteiger partial charge in [0.25, 0.3) is 11.8 Å².